The summed E-state index contributed by atoms with van der Waals surface area (Å²) in [6, 6.07) is 0.514. The number of Topliss-reactive ketones (excluding diaryl/α,β-unsaturated/α-hetero) is 1. The van der Waals surface area contributed by atoms with Crippen molar-refractivity contribution in [1.29, 1.82) is 0 Å². The summed E-state index contributed by atoms with van der Waals surface area (Å²) in [6.45, 7) is 8.07. The number of rotatable bonds is 4. The summed E-state index contributed by atoms with van der Waals surface area (Å²) in [5.74, 6) is 0.321. The minimum absolute atomic E-state index is 0.0694. The van der Waals surface area contributed by atoms with Gasteiger partial charge in [0.05, 0.1) is 6.04 Å². The molecule has 0 heterocycles. The minimum atomic E-state index is 0.0694. The van der Waals surface area contributed by atoms with Crippen LogP contribution in [-0.4, -0.2) is 29.8 Å². The Morgan fingerprint density at radius 3 is 2.09 bits per heavy atom. The third-order valence-corrected chi connectivity index (χ3v) is 2.24. The van der Waals surface area contributed by atoms with Gasteiger partial charge in [0.1, 0.15) is 5.78 Å². The summed E-state index contributed by atoms with van der Waals surface area (Å²) in [7, 11) is 1.99. The first kappa shape index (κ1) is 10.6. The van der Waals surface area contributed by atoms with Crippen LogP contribution < -0.4 is 0 Å². The molecule has 0 saturated carbocycles. The van der Waals surface area contributed by atoms with Crippen LogP contribution in [0.2, 0.25) is 0 Å². The lowest BCUT2D eigenvalue weighted by atomic mass is 10.1. The molecule has 0 aliphatic carbocycles. The van der Waals surface area contributed by atoms with E-state index in [9.17, 15) is 4.79 Å². The maximum absolute atomic E-state index is 11.2. The van der Waals surface area contributed by atoms with Crippen molar-refractivity contribution in [1.82, 2.24) is 4.90 Å². The molecular formula is C9H19NO. The van der Waals surface area contributed by atoms with E-state index in [1.165, 1.54) is 0 Å². The summed E-state index contributed by atoms with van der Waals surface area (Å²) in [4.78, 5) is 13.3. The van der Waals surface area contributed by atoms with Crippen LogP contribution in [0.5, 0.6) is 0 Å². The summed E-state index contributed by atoms with van der Waals surface area (Å²) >= 11 is 0. The maximum atomic E-state index is 11.2. The minimum Gasteiger partial charge on any atom is -0.298 e. The van der Waals surface area contributed by atoms with Crippen molar-refractivity contribution in [2.45, 2.75) is 46.2 Å². The summed E-state index contributed by atoms with van der Waals surface area (Å²) < 4.78 is 0. The van der Waals surface area contributed by atoms with Crippen LogP contribution in [-0.2, 0) is 4.79 Å². The SMILES string of the molecule is CCC(=O)C(C)N(C)C(C)C. The van der Waals surface area contributed by atoms with Crippen molar-refractivity contribution in [3.8, 4) is 0 Å². The van der Waals surface area contributed by atoms with E-state index in [4.69, 9.17) is 0 Å². The number of hydrogen-bond acceptors (Lipinski definition) is 2. The van der Waals surface area contributed by atoms with Crippen molar-refractivity contribution in [2.24, 2.45) is 0 Å². The number of likely N-dealkylation sites (N-methyl/N-ethyl adjacent to an activating group) is 1. The van der Waals surface area contributed by atoms with E-state index >= 15 is 0 Å². The Labute approximate surface area is 69.6 Å². The van der Waals surface area contributed by atoms with E-state index in [-0.39, 0.29) is 6.04 Å². The molecule has 0 aromatic heterocycles. The van der Waals surface area contributed by atoms with Gasteiger partial charge in [-0.05, 0) is 27.8 Å². The number of ketones is 1. The van der Waals surface area contributed by atoms with Gasteiger partial charge in [-0.15, -0.1) is 0 Å². The van der Waals surface area contributed by atoms with Crippen LogP contribution in [0.15, 0.2) is 0 Å². The van der Waals surface area contributed by atoms with E-state index in [1.807, 2.05) is 20.9 Å². The molecule has 66 valence electrons. The normalized spacial score (nSPS) is 14.1. The lowest BCUT2D eigenvalue weighted by Crippen LogP contribution is -2.40. The van der Waals surface area contributed by atoms with Crippen LogP contribution >= 0.6 is 0 Å². The molecule has 0 aliphatic heterocycles. The Bertz CT molecular complexity index is 132. The first-order valence-corrected chi connectivity index (χ1v) is 4.25. The topological polar surface area (TPSA) is 20.3 Å². The molecule has 0 aliphatic rings. The molecule has 0 saturated heterocycles. The van der Waals surface area contributed by atoms with Gasteiger partial charge in [-0.25, -0.2) is 0 Å². The van der Waals surface area contributed by atoms with Gasteiger partial charge in [-0.2, -0.15) is 0 Å². The van der Waals surface area contributed by atoms with E-state index < -0.39 is 0 Å². The Balaban J connectivity index is 4.01. The fraction of sp³-hybridized carbons (Fsp3) is 0.889. The molecule has 0 aromatic rings. The molecule has 0 radical (unpaired) electrons. The predicted octanol–water partition coefficient (Wildman–Crippen LogP) is 1.69. The van der Waals surface area contributed by atoms with E-state index in [2.05, 4.69) is 18.7 Å². The Hall–Kier alpha value is -0.370. The standard InChI is InChI=1S/C9H19NO/c1-6-9(11)8(4)10(5)7(2)3/h7-8H,6H2,1-5H3. The van der Waals surface area contributed by atoms with Crippen LogP contribution in [0.25, 0.3) is 0 Å². The smallest absolute Gasteiger partial charge is 0.149 e. The van der Waals surface area contributed by atoms with E-state index in [0.717, 1.165) is 0 Å². The number of hydrogen-bond donors (Lipinski definition) is 0. The second-order valence-corrected chi connectivity index (χ2v) is 3.26. The zero-order valence-electron chi connectivity index (χ0n) is 8.22. The Morgan fingerprint density at radius 2 is 1.82 bits per heavy atom. The average Bonchev–Trinajstić information content (AvgIpc) is 2.00. The quantitative estimate of drug-likeness (QED) is 0.619. The van der Waals surface area contributed by atoms with Crippen molar-refractivity contribution < 1.29 is 4.79 Å². The third kappa shape index (κ3) is 3.02. The average molecular weight is 157 g/mol. The fourth-order valence-corrected chi connectivity index (χ4v) is 0.970. The maximum Gasteiger partial charge on any atom is 0.149 e. The Morgan fingerprint density at radius 1 is 1.36 bits per heavy atom. The predicted molar refractivity (Wildman–Crippen MR) is 47.7 cm³/mol. The third-order valence-electron chi connectivity index (χ3n) is 2.24. The molecule has 0 N–H and O–H groups in total. The molecule has 0 aromatic carbocycles. The van der Waals surface area contributed by atoms with Crippen molar-refractivity contribution in [3.63, 3.8) is 0 Å². The lowest BCUT2D eigenvalue weighted by Gasteiger charge is -2.26. The molecule has 11 heavy (non-hydrogen) atoms. The van der Waals surface area contributed by atoms with E-state index in [0.29, 0.717) is 18.2 Å². The van der Waals surface area contributed by atoms with Gasteiger partial charge in [0, 0.05) is 12.5 Å². The van der Waals surface area contributed by atoms with Crippen LogP contribution in [0.1, 0.15) is 34.1 Å². The second-order valence-electron chi connectivity index (χ2n) is 3.26. The zero-order chi connectivity index (χ0) is 9.02. The van der Waals surface area contributed by atoms with Crippen molar-refractivity contribution >= 4 is 5.78 Å². The van der Waals surface area contributed by atoms with Gasteiger partial charge in [-0.1, -0.05) is 6.92 Å². The molecule has 1 unspecified atom stereocenters. The first-order valence-electron chi connectivity index (χ1n) is 4.25. The molecular weight excluding hydrogens is 138 g/mol. The molecule has 1 atom stereocenters. The molecule has 0 rings (SSSR count). The van der Waals surface area contributed by atoms with Gasteiger partial charge < -0.3 is 0 Å². The summed E-state index contributed by atoms with van der Waals surface area (Å²) in [5, 5.41) is 0. The van der Waals surface area contributed by atoms with Gasteiger partial charge in [0.15, 0.2) is 0 Å². The number of carbonyl (C=O) groups excluding carboxylic acids is 1. The van der Waals surface area contributed by atoms with Crippen LogP contribution in [0, 0.1) is 0 Å². The van der Waals surface area contributed by atoms with E-state index in [1.54, 1.807) is 0 Å². The zero-order valence-corrected chi connectivity index (χ0v) is 8.22. The van der Waals surface area contributed by atoms with Crippen molar-refractivity contribution in [2.75, 3.05) is 7.05 Å². The van der Waals surface area contributed by atoms with Gasteiger partial charge in [0.25, 0.3) is 0 Å². The van der Waals surface area contributed by atoms with Crippen molar-refractivity contribution in [3.05, 3.63) is 0 Å². The number of nitrogens with zero attached hydrogens (tertiary/aromatic N) is 1. The summed E-state index contributed by atoms with van der Waals surface area (Å²) in [6.07, 6.45) is 0.637. The summed E-state index contributed by atoms with van der Waals surface area (Å²) in [5.41, 5.74) is 0. The van der Waals surface area contributed by atoms with Gasteiger partial charge in [0.2, 0.25) is 0 Å². The van der Waals surface area contributed by atoms with Gasteiger partial charge >= 0.3 is 0 Å². The molecule has 0 bridgehead atoms. The van der Waals surface area contributed by atoms with Crippen LogP contribution in [0.4, 0.5) is 0 Å². The highest BCUT2D eigenvalue weighted by molar-refractivity contribution is 5.83. The Kier molecular flexibility index (Phi) is 4.34. The lowest BCUT2D eigenvalue weighted by molar-refractivity contribution is -0.123. The first-order chi connectivity index (χ1) is 5.00. The largest absolute Gasteiger partial charge is 0.298 e. The van der Waals surface area contributed by atoms with Crippen LogP contribution in [0.3, 0.4) is 0 Å². The molecule has 2 heteroatoms. The molecule has 0 amide bonds. The monoisotopic (exact) mass is 157 g/mol. The van der Waals surface area contributed by atoms with Gasteiger partial charge in [-0.3, -0.25) is 9.69 Å². The molecule has 2 nitrogen and oxygen atoms in total. The molecule has 0 spiro atoms. The number of carbonyl (C=O) groups is 1. The molecule has 0 fully saturated rings. The highest BCUT2D eigenvalue weighted by Crippen LogP contribution is 2.03. The highest BCUT2D eigenvalue weighted by atomic mass is 16.1. The fourth-order valence-electron chi connectivity index (χ4n) is 0.970. The second kappa shape index (κ2) is 4.50. The highest BCUT2D eigenvalue weighted by Gasteiger charge is 2.17.